The molecule has 0 radical (unpaired) electrons. The van der Waals surface area contributed by atoms with Gasteiger partial charge in [0, 0.05) is 17.1 Å². The van der Waals surface area contributed by atoms with Gasteiger partial charge in [0.25, 0.3) is 5.56 Å². The van der Waals surface area contributed by atoms with Crippen LogP contribution >= 0.6 is 11.6 Å². The number of hydrogen-bond donors (Lipinski definition) is 3. The molecule has 0 aliphatic carbocycles. The van der Waals surface area contributed by atoms with E-state index < -0.39 is 0 Å². The van der Waals surface area contributed by atoms with Gasteiger partial charge in [-0.3, -0.25) is 4.79 Å². The Morgan fingerprint density at radius 2 is 2.18 bits per heavy atom. The van der Waals surface area contributed by atoms with Crippen LogP contribution in [0.5, 0.6) is 0 Å². The molecule has 0 aliphatic rings. The first-order valence-corrected chi connectivity index (χ1v) is 7.09. The lowest BCUT2D eigenvalue weighted by atomic mass is 10.1. The summed E-state index contributed by atoms with van der Waals surface area (Å²) in [6.45, 7) is 1.85. The first kappa shape index (κ1) is 14.3. The Morgan fingerprint density at radius 3 is 2.95 bits per heavy atom. The van der Waals surface area contributed by atoms with E-state index >= 15 is 0 Å². The van der Waals surface area contributed by atoms with Gasteiger partial charge in [0.2, 0.25) is 5.95 Å². The molecule has 1 aromatic carbocycles. The Morgan fingerprint density at radius 1 is 1.36 bits per heavy atom. The number of nitrogens with two attached hydrogens (primary N) is 1. The molecule has 2 aromatic heterocycles. The SMILES string of the molecule is C[C@H](Nc1nccc(N)n1)c1cc2cccc(Cl)c2[nH]c1=O. The van der Waals surface area contributed by atoms with Crippen molar-refractivity contribution in [1.29, 1.82) is 0 Å². The highest BCUT2D eigenvalue weighted by atomic mass is 35.5. The normalized spacial score (nSPS) is 12.3. The van der Waals surface area contributed by atoms with Crippen LogP contribution in [0, 0.1) is 0 Å². The van der Waals surface area contributed by atoms with Crippen molar-refractivity contribution >= 4 is 34.3 Å². The minimum atomic E-state index is -0.283. The van der Waals surface area contributed by atoms with Crippen molar-refractivity contribution < 1.29 is 0 Å². The summed E-state index contributed by atoms with van der Waals surface area (Å²) in [5.41, 5.74) is 6.62. The maximum Gasteiger partial charge on any atom is 0.253 e. The molecule has 0 aliphatic heterocycles. The van der Waals surface area contributed by atoms with Crippen molar-refractivity contribution in [3.05, 3.63) is 57.5 Å². The Kier molecular flexibility index (Phi) is 3.68. The van der Waals surface area contributed by atoms with Gasteiger partial charge in [0.15, 0.2) is 0 Å². The zero-order chi connectivity index (χ0) is 15.7. The quantitative estimate of drug-likeness (QED) is 0.690. The number of halogens is 1. The lowest BCUT2D eigenvalue weighted by Crippen LogP contribution is -2.20. The fourth-order valence-electron chi connectivity index (χ4n) is 2.25. The molecule has 0 spiro atoms. The zero-order valence-electron chi connectivity index (χ0n) is 11.8. The van der Waals surface area contributed by atoms with Crippen LogP contribution in [0.4, 0.5) is 11.8 Å². The Bertz CT molecular complexity index is 892. The third-order valence-electron chi connectivity index (χ3n) is 3.35. The maximum absolute atomic E-state index is 12.3. The van der Waals surface area contributed by atoms with Crippen LogP contribution in [0.2, 0.25) is 5.02 Å². The van der Waals surface area contributed by atoms with E-state index in [0.29, 0.717) is 27.9 Å². The maximum atomic E-state index is 12.3. The van der Waals surface area contributed by atoms with Crippen LogP contribution in [-0.2, 0) is 0 Å². The lowest BCUT2D eigenvalue weighted by molar-refractivity contribution is 0.846. The van der Waals surface area contributed by atoms with Gasteiger partial charge in [0.05, 0.1) is 16.6 Å². The summed E-state index contributed by atoms with van der Waals surface area (Å²) >= 11 is 6.09. The molecule has 112 valence electrons. The number of nitrogen functional groups attached to an aromatic ring is 1. The molecule has 0 saturated carbocycles. The van der Waals surface area contributed by atoms with Crippen molar-refractivity contribution in [2.45, 2.75) is 13.0 Å². The van der Waals surface area contributed by atoms with E-state index in [-0.39, 0.29) is 11.6 Å². The van der Waals surface area contributed by atoms with Crippen molar-refractivity contribution in [1.82, 2.24) is 15.0 Å². The molecular formula is C15H14ClN5O. The van der Waals surface area contributed by atoms with Gasteiger partial charge < -0.3 is 16.0 Å². The van der Waals surface area contributed by atoms with Crippen molar-refractivity contribution in [2.75, 3.05) is 11.1 Å². The number of nitrogens with zero attached hydrogens (tertiary/aromatic N) is 2. The second-order valence-corrected chi connectivity index (χ2v) is 5.34. The van der Waals surface area contributed by atoms with Gasteiger partial charge in [-0.2, -0.15) is 4.98 Å². The number of aromatic nitrogens is 3. The molecule has 22 heavy (non-hydrogen) atoms. The second-order valence-electron chi connectivity index (χ2n) is 4.93. The second kappa shape index (κ2) is 5.65. The van der Waals surface area contributed by atoms with E-state index in [1.165, 1.54) is 0 Å². The number of benzene rings is 1. The monoisotopic (exact) mass is 315 g/mol. The predicted octanol–water partition coefficient (Wildman–Crippen LogP) is 2.73. The predicted molar refractivity (Wildman–Crippen MR) is 88.1 cm³/mol. The molecule has 0 saturated heterocycles. The molecule has 7 heteroatoms. The minimum Gasteiger partial charge on any atom is -0.384 e. The van der Waals surface area contributed by atoms with E-state index in [2.05, 4.69) is 20.3 Å². The largest absolute Gasteiger partial charge is 0.384 e. The van der Waals surface area contributed by atoms with E-state index in [0.717, 1.165) is 5.39 Å². The number of nitrogens with one attached hydrogen (secondary N) is 2. The van der Waals surface area contributed by atoms with Gasteiger partial charge >= 0.3 is 0 Å². The van der Waals surface area contributed by atoms with E-state index in [1.54, 1.807) is 18.3 Å². The number of rotatable bonds is 3. The average Bonchev–Trinajstić information content (AvgIpc) is 2.47. The molecule has 6 nitrogen and oxygen atoms in total. The van der Waals surface area contributed by atoms with Crippen LogP contribution in [-0.4, -0.2) is 15.0 Å². The molecular weight excluding hydrogens is 302 g/mol. The highest BCUT2D eigenvalue weighted by Crippen LogP contribution is 2.23. The van der Waals surface area contributed by atoms with E-state index in [9.17, 15) is 4.79 Å². The van der Waals surface area contributed by atoms with Gasteiger partial charge in [-0.15, -0.1) is 0 Å². The Hall–Kier alpha value is -2.60. The highest BCUT2D eigenvalue weighted by Gasteiger charge is 2.13. The molecule has 3 rings (SSSR count). The molecule has 2 heterocycles. The topological polar surface area (TPSA) is 96.7 Å². The van der Waals surface area contributed by atoms with Crippen LogP contribution in [0.25, 0.3) is 10.9 Å². The standard InChI is InChI=1S/C15H14ClN5O/c1-8(19-15-18-6-5-12(17)20-15)10-7-9-3-2-4-11(16)13(9)21-14(10)22/h2-8H,1H3,(H,21,22)(H3,17,18,19,20)/t8-/m0/s1. The number of anilines is 2. The van der Waals surface area contributed by atoms with Crippen molar-refractivity contribution in [2.24, 2.45) is 0 Å². The molecule has 4 N–H and O–H groups in total. The smallest absolute Gasteiger partial charge is 0.253 e. The lowest BCUT2D eigenvalue weighted by Gasteiger charge is -2.14. The highest BCUT2D eigenvalue weighted by molar-refractivity contribution is 6.35. The van der Waals surface area contributed by atoms with Crippen molar-refractivity contribution in [3.8, 4) is 0 Å². The third-order valence-corrected chi connectivity index (χ3v) is 3.66. The first-order chi connectivity index (χ1) is 10.5. The van der Waals surface area contributed by atoms with Gasteiger partial charge in [-0.1, -0.05) is 23.7 Å². The summed E-state index contributed by atoms with van der Waals surface area (Å²) in [6, 6.07) is 8.59. The summed E-state index contributed by atoms with van der Waals surface area (Å²) in [4.78, 5) is 23.2. The van der Waals surface area contributed by atoms with Crippen LogP contribution in [0.1, 0.15) is 18.5 Å². The van der Waals surface area contributed by atoms with Crippen LogP contribution in [0.15, 0.2) is 41.3 Å². The Labute approximate surface area is 131 Å². The number of fused-ring (bicyclic) bond motifs is 1. The van der Waals surface area contributed by atoms with Crippen LogP contribution < -0.4 is 16.6 Å². The van der Waals surface area contributed by atoms with Crippen molar-refractivity contribution in [3.63, 3.8) is 0 Å². The molecule has 1 atom stereocenters. The average molecular weight is 316 g/mol. The fraction of sp³-hybridized carbons (Fsp3) is 0.133. The summed E-state index contributed by atoms with van der Waals surface area (Å²) in [5, 5.41) is 4.44. The summed E-state index contributed by atoms with van der Waals surface area (Å²) < 4.78 is 0. The Balaban J connectivity index is 1.99. The number of para-hydroxylation sites is 1. The molecule has 0 fully saturated rings. The summed E-state index contributed by atoms with van der Waals surface area (Å²) in [5.74, 6) is 0.738. The fourth-order valence-corrected chi connectivity index (χ4v) is 2.48. The summed E-state index contributed by atoms with van der Waals surface area (Å²) in [7, 11) is 0. The van der Waals surface area contributed by atoms with Crippen LogP contribution in [0.3, 0.4) is 0 Å². The number of pyridine rings is 1. The van der Waals surface area contributed by atoms with E-state index in [4.69, 9.17) is 17.3 Å². The number of H-pyrrole nitrogens is 1. The first-order valence-electron chi connectivity index (χ1n) is 6.71. The van der Waals surface area contributed by atoms with E-state index in [1.807, 2.05) is 25.1 Å². The summed E-state index contributed by atoms with van der Waals surface area (Å²) in [6.07, 6.45) is 1.56. The minimum absolute atomic E-state index is 0.204. The number of aromatic amines is 1. The zero-order valence-corrected chi connectivity index (χ0v) is 12.6. The molecule has 0 bridgehead atoms. The third kappa shape index (κ3) is 2.73. The van der Waals surface area contributed by atoms with Gasteiger partial charge in [0.1, 0.15) is 5.82 Å². The number of hydrogen-bond acceptors (Lipinski definition) is 5. The van der Waals surface area contributed by atoms with Gasteiger partial charge in [-0.05, 0) is 25.1 Å². The molecule has 3 aromatic rings. The molecule has 0 amide bonds. The van der Waals surface area contributed by atoms with Gasteiger partial charge in [-0.25, -0.2) is 4.98 Å². The molecule has 0 unspecified atom stereocenters.